The Morgan fingerprint density at radius 1 is 1.37 bits per heavy atom. The van der Waals surface area contributed by atoms with Crippen LogP contribution in [0.15, 0.2) is 18.2 Å². The highest BCUT2D eigenvalue weighted by atomic mass is 19.1. The van der Waals surface area contributed by atoms with Crippen LogP contribution in [0.2, 0.25) is 0 Å². The average Bonchev–Trinajstić information content (AvgIpc) is 2.42. The van der Waals surface area contributed by atoms with Crippen LogP contribution in [-0.4, -0.2) is 29.7 Å². The molecule has 19 heavy (non-hydrogen) atoms. The number of benzene rings is 1. The zero-order valence-corrected chi connectivity index (χ0v) is 11.3. The van der Waals surface area contributed by atoms with Gasteiger partial charge in [-0.15, -0.1) is 0 Å². The Balaban J connectivity index is 2.00. The maximum atomic E-state index is 14.1. The average molecular weight is 266 g/mol. The molecule has 0 spiro atoms. The molecule has 0 saturated carbocycles. The van der Waals surface area contributed by atoms with Crippen molar-refractivity contribution in [3.05, 3.63) is 35.1 Å². The Hall–Kier alpha value is -0.970. The second-order valence-electron chi connectivity index (χ2n) is 5.35. The monoisotopic (exact) mass is 266 g/mol. The maximum absolute atomic E-state index is 14.1. The summed E-state index contributed by atoms with van der Waals surface area (Å²) in [6, 6.07) is 5.45. The van der Waals surface area contributed by atoms with Crippen molar-refractivity contribution in [1.82, 2.24) is 4.90 Å². The van der Waals surface area contributed by atoms with Gasteiger partial charge >= 0.3 is 0 Å². The molecular formula is C15H23FN2O. The first-order valence-corrected chi connectivity index (χ1v) is 7.04. The summed E-state index contributed by atoms with van der Waals surface area (Å²) in [5, 5.41) is 9.01. The van der Waals surface area contributed by atoms with E-state index in [1.165, 1.54) is 6.42 Å². The van der Waals surface area contributed by atoms with Crippen molar-refractivity contribution in [1.29, 1.82) is 0 Å². The summed E-state index contributed by atoms with van der Waals surface area (Å²) < 4.78 is 14.1. The lowest BCUT2D eigenvalue weighted by Gasteiger charge is -2.32. The van der Waals surface area contributed by atoms with Gasteiger partial charge < -0.3 is 10.8 Å². The highest BCUT2D eigenvalue weighted by Gasteiger charge is 2.20. The van der Waals surface area contributed by atoms with Crippen molar-refractivity contribution in [2.24, 2.45) is 11.7 Å². The van der Waals surface area contributed by atoms with Crippen LogP contribution in [0.3, 0.4) is 0 Å². The Kier molecular flexibility index (Phi) is 5.31. The van der Waals surface area contributed by atoms with Gasteiger partial charge in [0.1, 0.15) is 5.82 Å². The number of rotatable bonds is 5. The van der Waals surface area contributed by atoms with E-state index in [4.69, 9.17) is 10.8 Å². The molecule has 1 aromatic carbocycles. The second kappa shape index (κ2) is 6.98. The van der Waals surface area contributed by atoms with Gasteiger partial charge in [-0.2, -0.15) is 0 Å². The highest BCUT2D eigenvalue weighted by molar-refractivity contribution is 5.25. The standard InChI is InChI=1S/C15H23FN2O/c16-15-13(9-17)4-1-5-14(15)11-18-7-2-3-12(10-18)6-8-19/h1,4-5,12,19H,2-3,6-11,17H2. The molecule has 2 rings (SSSR count). The summed E-state index contributed by atoms with van der Waals surface area (Å²) in [6.45, 7) is 3.09. The lowest BCUT2D eigenvalue weighted by molar-refractivity contribution is 0.141. The van der Waals surface area contributed by atoms with Crippen LogP contribution in [0, 0.1) is 11.7 Å². The number of aliphatic hydroxyl groups is 1. The number of nitrogens with zero attached hydrogens (tertiary/aromatic N) is 1. The Morgan fingerprint density at radius 3 is 2.89 bits per heavy atom. The number of likely N-dealkylation sites (tertiary alicyclic amines) is 1. The van der Waals surface area contributed by atoms with Gasteiger partial charge in [0.25, 0.3) is 0 Å². The van der Waals surface area contributed by atoms with Crippen molar-refractivity contribution in [3.8, 4) is 0 Å². The molecule has 3 nitrogen and oxygen atoms in total. The number of nitrogens with two attached hydrogens (primary N) is 1. The SMILES string of the molecule is NCc1cccc(CN2CCCC(CCO)C2)c1F. The van der Waals surface area contributed by atoms with E-state index in [2.05, 4.69) is 4.90 Å². The first-order chi connectivity index (χ1) is 9.24. The van der Waals surface area contributed by atoms with Gasteiger partial charge in [0, 0.05) is 37.4 Å². The van der Waals surface area contributed by atoms with E-state index in [-0.39, 0.29) is 19.0 Å². The first kappa shape index (κ1) is 14.4. The van der Waals surface area contributed by atoms with E-state index in [0.717, 1.165) is 31.5 Å². The minimum atomic E-state index is -0.158. The third kappa shape index (κ3) is 3.75. The molecule has 1 aliphatic rings. The molecule has 1 heterocycles. The molecule has 1 aromatic rings. The van der Waals surface area contributed by atoms with E-state index < -0.39 is 0 Å². The van der Waals surface area contributed by atoms with E-state index in [0.29, 0.717) is 18.0 Å². The van der Waals surface area contributed by atoms with Gasteiger partial charge in [-0.25, -0.2) is 4.39 Å². The normalized spacial score (nSPS) is 20.7. The predicted octanol–water partition coefficient (Wildman–Crippen LogP) is 1.88. The fourth-order valence-electron chi connectivity index (χ4n) is 2.87. The second-order valence-corrected chi connectivity index (χ2v) is 5.35. The van der Waals surface area contributed by atoms with Crippen LogP contribution in [0.1, 0.15) is 30.4 Å². The van der Waals surface area contributed by atoms with Crippen LogP contribution in [-0.2, 0) is 13.1 Å². The zero-order valence-electron chi connectivity index (χ0n) is 11.3. The van der Waals surface area contributed by atoms with E-state index in [1.807, 2.05) is 12.1 Å². The lowest BCUT2D eigenvalue weighted by Crippen LogP contribution is -2.35. The van der Waals surface area contributed by atoms with Gasteiger partial charge in [-0.1, -0.05) is 18.2 Å². The molecule has 0 bridgehead atoms. The molecule has 1 fully saturated rings. The van der Waals surface area contributed by atoms with Gasteiger partial charge in [-0.3, -0.25) is 4.90 Å². The smallest absolute Gasteiger partial charge is 0.132 e. The number of halogens is 1. The van der Waals surface area contributed by atoms with Crippen molar-refractivity contribution < 1.29 is 9.50 Å². The summed E-state index contributed by atoms with van der Waals surface area (Å²) in [4.78, 5) is 2.28. The lowest BCUT2D eigenvalue weighted by atomic mass is 9.94. The van der Waals surface area contributed by atoms with E-state index in [9.17, 15) is 4.39 Å². The van der Waals surface area contributed by atoms with Crippen LogP contribution in [0.5, 0.6) is 0 Å². The summed E-state index contributed by atoms with van der Waals surface area (Å²) in [5.41, 5.74) is 6.85. The highest BCUT2D eigenvalue weighted by Crippen LogP contribution is 2.22. The maximum Gasteiger partial charge on any atom is 0.132 e. The summed E-state index contributed by atoms with van der Waals surface area (Å²) in [6.07, 6.45) is 3.15. The van der Waals surface area contributed by atoms with Gasteiger partial charge in [0.2, 0.25) is 0 Å². The van der Waals surface area contributed by atoms with Crippen molar-refractivity contribution in [2.45, 2.75) is 32.4 Å². The fourth-order valence-corrected chi connectivity index (χ4v) is 2.87. The molecule has 0 aliphatic carbocycles. The minimum Gasteiger partial charge on any atom is -0.396 e. The molecule has 4 heteroatoms. The molecule has 1 aliphatic heterocycles. The van der Waals surface area contributed by atoms with E-state index in [1.54, 1.807) is 6.07 Å². The van der Waals surface area contributed by atoms with Crippen LogP contribution >= 0.6 is 0 Å². The number of aliphatic hydroxyl groups excluding tert-OH is 1. The molecule has 106 valence electrons. The third-order valence-electron chi connectivity index (χ3n) is 3.91. The molecule has 1 atom stereocenters. The molecule has 1 unspecified atom stereocenters. The molecule has 3 N–H and O–H groups in total. The molecule has 0 amide bonds. The Morgan fingerprint density at radius 2 is 2.16 bits per heavy atom. The minimum absolute atomic E-state index is 0.158. The van der Waals surface area contributed by atoms with Crippen LogP contribution in [0.25, 0.3) is 0 Å². The van der Waals surface area contributed by atoms with E-state index >= 15 is 0 Å². The first-order valence-electron chi connectivity index (χ1n) is 7.04. The predicted molar refractivity (Wildman–Crippen MR) is 74.0 cm³/mol. The van der Waals surface area contributed by atoms with Gasteiger partial charge in [-0.05, 0) is 31.7 Å². The topological polar surface area (TPSA) is 49.5 Å². The zero-order chi connectivity index (χ0) is 13.7. The third-order valence-corrected chi connectivity index (χ3v) is 3.91. The van der Waals surface area contributed by atoms with Crippen molar-refractivity contribution in [2.75, 3.05) is 19.7 Å². The largest absolute Gasteiger partial charge is 0.396 e. The molecule has 0 aromatic heterocycles. The summed E-state index contributed by atoms with van der Waals surface area (Å²) in [5.74, 6) is 0.383. The molecule has 1 saturated heterocycles. The quantitative estimate of drug-likeness (QED) is 0.855. The Bertz CT molecular complexity index is 409. The Labute approximate surface area is 114 Å². The van der Waals surface area contributed by atoms with Gasteiger partial charge in [0.05, 0.1) is 0 Å². The molecular weight excluding hydrogens is 243 g/mol. The number of hydrogen-bond donors (Lipinski definition) is 2. The summed E-state index contributed by atoms with van der Waals surface area (Å²) >= 11 is 0. The van der Waals surface area contributed by atoms with Gasteiger partial charge in [0.15, 0.2) is 0 Å². The van der Waals surface area contributed by atoms with Crippen LogP contribution < -0.4 is 5.73 Å². The van der Waals surface area contributed by atoms with Crippen molar-refractivity contribution >= 4 is 0 Å². The summed E-state index contributed by atoms with van der Waals surface area (Å²) in [7, 11) is 0. The number of piperidine rings is 1. The van der Waals surface area contributed by atoms with Crippen molar-refractivity contribution in [3.63, 3.8) is 0 Å². The molecule has 0 radical (unpaired) electrons. The fraction of sp³-hybridized carbons (Fsp3) is 0.600. The van der Waals surface area contributed by atoms with Crippen LogP contribution in [0.4, 0.5) is 4.39 Å². The number of hydrogen-bond acceptors (Lipinski definition) is 3.